The molecule has 1 atom stereocenters. The number of hydrogen-bond donors (Lipinski definition) is 0. The minimum atomic E-state index is -0.171. The smallest absolute Gasteiger partial charge is 0.123 e. The van der Waals surface area contributed by atoms with E-state index >= 15 is 0 Å². The van der Waals surface area contributed by atoms with Crippen molar-refractivity contribution in [1.29, 1.82) is 0 Å². The highest BCUT2D eigenvalue weighted by Crippen LogP contribution is 2.27. The summed E-state index contributed by atoms with van der Waals surface area (Å²) in [5.41, 5.74) is 1.15. The first-order valence-corrected chi connectivity index (χ1v) is 5.05. The van der Waals surface area contributed by atoms with Crippen LogP contribution in [-0.4, -0.2) is 0 Å². The molecule has 0 aliphatic rings. The largest absolute Gasteiger partial charge is 0.207 e. The molecule has 1 aromatic rings. The average molecular weight is 231 g/mol. The van der Waals surface area contributed by atoms with E-state index in [-0.39, 0.29) is 5.82 Å². The third kappa shape index (κ3) is 2.59. The summed E-state index contributed by atoms with van der Waals surface area (Å²) in [7, 11) is 0. The summed E-state index contributed by atoms with van der Waals surface area (Å²) in [4.78, 5) is 0.364. The lowest BCUT2D eigenvalue weighted by Crippen LogP contribution is -1.88. The number of halogens is 2. The summed E-state index contributed by atoms with van der Waals surface area (Å²) in [5, 5.41) is 0. The van der Waals surface area contributed by atoms with Crippen molar-refractivity contribution < 1.29 is 4.39 Å². The number of hydrogen-bond acceptors (Lipinski definition) is 0. The maximum Gasteiger partial charge on any atom is 0.123 e. The van der Waals surface area contributed by atoms with Crippen LogP contribution in [0, 0.1) is 5.82 Å². The third-order valence-corrected chi connectivity index (χ3v) is 2.76. The minimum Gasteiger partial charge on any atom is -0.207 e. The molecule has 0 amide bonds. The van der Waals surface area contributed by atoms with Gasteiger partial charge in [0.05, 0.1) is 0 Å². The van der Waals surface area contributed by atoms with Gasteiger partial charge in [0.15, 0.2) is 0 Å². The highest BCUT2D eigenvalue weighted by molar-refractivity contribution is 9.09. The van der Waals surface area contributed by atoms with Gasteiger partial charge in [0.2, 0.25) is 0 Å². The fraction of sp³-hybridized carbons (Fsp3) is 0.400. The number of alkyl halides is 1. The van der Waals surface area contributed by atoms with Gasteiger partial charge < -0.3 is 0 Å². The lowest BCUT2D eigenvalue weighted by molar-refractivity contribution is 0.626. The molecular formula is C10H12BrF. The van der Waals surface area contributed by atoms with Crippen LogP contribution in [0.15, 0.2) is 24.3 Å². The van der Waals surface area contributed by atoms with Crippen molar-refractivity contribution in [3.63, 3.8) is 0 Å². The highest BCUT2D eigenvalue weighted by Gasteiger charge is 2.04. The van der Waals surface area contributed by atoms with E-state index < -0.39 is 0 Å². The van der Waals surface area contributed by atoms with Crippen LogP contribution >= 0.6 is 15.9 Å². The first-order chi connectivity index (χ1) is 5.74. The van der Waals surface area contributed by atoms with Crippen molar-refractivity contribution in [2.75, 3.05) is 0 Å². The number of benzene rings is 1. The normalized spacial score (nSPS) is 12.9. The third-order valence-electron chi connectivity index (χ3n) is 1.77. The van der Waals surface area contributed by atoms with Crippen molar-refractivity contribution in [3.8, 4) is 0 Å². The predicted octanol–water partition coefficient (Wildman–Crippen LogP) is 4.06. The molecule has 1 unspecified atom stereocenters. The summed E-state index contributed by atoms with van der Waals surface area (Å²) in [5.74, 6) is -0.171. The lowest BCUT2D eigenvalue weighted by atomic mass is 10.1. The Kier molecular flexibility index (Phi) is 3.73. The van der Waals surface area contributed by atoms with E-state index in [2.05, 4.69) is 22.9 Å². The van der Waals surface area contributed by atoms with Gasteiger partial charge in [0.1, 0.15) is 5.82 Å². The summed E-state index contributed by atoms with van der Waals surface area (Å²) in [6.45, 7) is 2.14. The minimum absolute atomic E-state index is 0.171. The Hall–Kier alpha value is -0.370. The Morgan fingerprint density at radius 3 is 2.42 bits per heavy atom. The van der Waals surface area contributed by atoms with Crippen LogP contribution in [0.2, 0.25) is 0 Å². The van der Waals surface area contributed by atoms with Crippen LogP contribution in [0.4, 0.5) is 4.39 Å². The molecule has 0 aliphatic heterocycles. The molecule has 0 saturated heterocycles. The second kappa shape index (κ2) is 4.61. The molecule has 2 heteroatoms. The standard InChI is InChI=1S/C10H12BrF/c1-2-3-10(11)8-4-6-9(12)7-5-8/h4-7,10H,2-3H2,1H3. The zero-order chi connectivity index (χ0) is 8.97. The molecule has 0 aliphatic carbocycles. The van der Waals surface area contributed by atoms with Crippen LogP contribution in [0.25, 0.3) is 0 Å². The first-order valence-electron chi connectivity index (χ1n) is 4.13. The zero-order valence-electron chi connectivity index (χ0n) is 7.06. The van der Waals surface area contributed by atoms with E-state index in [1.807, 2.05) is 12.1 Å². The van der Waals surface area contributed by atoms with Gasteiger partial charge in [-0.15, -0.1) is 0 Å². The Morgan fingerprint density at radius 2 is 1.92 bits per heavy atom. The van der Waals surface area contributed by atoms with Crippen molar-refractivity contribution >= 4 is 15.9 Å². The van der Waals surface area contributed by atoms with E-state index in [0.717, 1.165) is 18.4 Å². The molecule has 0 saturated carbocycles. The van der Waals surface area contributed by atoms with E-state index in [1.165, 1.54) is 12.1 Å². The van der Waals surface area contributed by atoms with E-state index in [4.69, 9.17) is 0 Å². The van der Waals surface area contributed by atoms with Crippen molar-refractivity contribution in [1.82, 2.24) is 0 Å². The molecule has 1 rings (SSSR count). The molecule has 0 nitrogen and oxygen atoms in total. The summed E-state index contributed by atoms with van der Waals surface area (Å²) in [6.07, 6.45) is 2.22. The Morgan fingerprint density at radius 1 is 1.33 bits per heavy atom. The Bertz CT molecular complexity index is 230. The van der Waals surface area contributed by atoms with Gasteiger partial charge in [0, 0.05) is 4.83 Å². The molecule has 66 valence electrons. The summed E-state index contributed by atoms with van der Waals surface area (Å²) >= 11 is 3.55. The predicted molar refractivity (Wildman–Crippen MR) is 53.0 cm³/mol. The van der Waals surface area contributed by atoms with Gasteiger partial charge in [-0.05, 0) is 24.1 Å². The van der Waals surface area contributed by atoms with Crippen molar-refractivity contribution in [2.45, 2.75) is 24.6 Å². The zero-order valence-corrected chi connectivity index (χ0v) is 8.64. The fourth-order valence-corrected chi connectivity index (χ4v) is 1.85. The molecule has 0 fully saturated rings. The van der Waals surface area contributed by atoms with Gasteiger partial charge in [-0.2, -0.15) is 0 Å². The molecule has 0 spiro atoms. The monoisotopic (exact) mass is 230 g/mol. The van der Waals surface area contributed by atoms with Crippen molar-refractivity contribution in [2.24, 2.45) is 0 Å². The second-order valence-electron chi connectivity index (χ2n) is 2.81. The van der Waals surface area contributed by atoms with E-state index in [0.29, 0.717) is 4.83 Å². The van der Waals surface area contributed by atoms with Crippen LogP contribution in [-0.2, 0) is 0 Å². The lowest BCUT2D eigenvalue weighted by Gasteiger charge is -2.07. The van der Waals surface area contributed by atoms with Crippen LogP contribution in [0.1, 0.15) is 30.2 Å². The average Bonchev–Trinajstić information content (AvgIpc) is 2.06. The SMILES string of the molecule is CCCC(Br)c1ccc(F)cc1. The van der Waals surface area contributed by atoms with Gasteiger partial charge >= 0.3 is 0 Å². The molecule has 12 heavy (non-hydrogen) atoms. The van der Waals surface area contributed by atoms with Gasteiger partial charge in [0.25, 0.3) is 0 Å². The van der Waals surface area contributed by atoms with Gasteiger partial charge in [-0.25, -0.2) is 4.39 Å². The van der Waals surface area contributed by atoms with Gasteiger partial charge in [-0.1, -0.05) is 41.4 Å². The topological polar surface area (TPSA) is 0 Å². The molecule has 0 heterocycles. The van der Waals surface area contributed by atoms with Crippen molar-refractivity contribution in [3.05, 3.63) is 35.6 Å². The van der Waals surface area contributed by atoms with Gasteiger partial charge in [-0.3, -0.25) is 0 Å². The molecule has 1 aromatic carbocycles. The quantitative estimate of drug-likeness (QED) is 0.688. The molecular weight excluding hydrogens is 219 g/mol. The molecule has 0 aromatic heterocycles. The van der Waals surface area contributed by atoms with E-state index in [1.54, 1.807) is 0 Å². The summed E-state index contributed by atoms with van der Waals surface area (Å²) < 4.78 is 12.5. The van der Waals surface area contributed by atoms with Crippen LogP contribution in [0.3, 0.4) is 0 Å². The Balaban J connectivity index is 2.68. The van der Waals surface area contributed by atoms with Crippen LogP contribution < -0.4 is 0 Å². The molecule has 0 bridgehead atoms. The fourth-order valence-electron chi connectivity index (χ4n) is 1.09. The molecule has 0 N–H and O–H groups in total. The van der Waals surface area contributed by atoms with Crippen LogP contribution in [0.5, 0.6) is 0 Å². The second-order valence-corrected chi connectivity index (χ2v) is 3.91. The maximum absolute atomic E-state index is 12.5. The highest BCUT2D eigenvalue weighted by atomic mass is 79.9. The molecule has 0 radical (unpaired) electrons. The number of rotatable bonds is 3. The maximum atomic E-state index is 12.5. The summed E-state index contributed by atoms with van der Waals surface area (Å²) in [6, 6.07) is 6.65. The first kappa shape index (κ1) is 9.72. The Labute approximate surface area is 80.9 Å². The van der Waals surface area contributed by atoms with E-state index in [9.17, 15) is 4.39 Å².